The van der Waals surface area contributed by atoms with Gasteiger partial charge in [-0.3, -0.25) is 29.3 Å². The average Bonchev–Trinajstić information content (AvgIpc) is 3.48. The molecule has 39 heavy (non-hydrogen) atoms. The predicted octanol–water partition coefficient (Wildman–Crippen LogP) is 2.50. The lowest BCUT2D eigenvalue weighted by Crippen LogP contribution is -2.53. The van der Waals surface area contributed by atoms with Gasteiger partial charge >= 0.3 is 0 Å². The highest BCUT2D eigenvalue weighted by Gasteiger charge is 2.52. The van der Waals surface area contributed by atoms with Gasteiger partial charge in [0.25, 0.3) is 17.5 Å². The number of amides is 3. The van der Waals surface area contributed by atoms with Gasteiger partial charge in [-0.25, -0.2) is 0 Å². The molecule has 0 bridgehead atoms. The van der Waals surface area contributed by atoms with Crippen LogP contribution in [0.5, 0.6) is 0 Å². The number of nitro groups is 1. The first-order chi connectivity index (χ1) is 18.5. The summed E-state index contributed by atoms with van der Waals surface area (Å²) in [6.45, 7) is 3.98. The molecule has 3 amide bonds. The molecule has 0 aromatic heterocycles. The summed E-state index contributed by atoms with van der Waals surface area (Å²) in [4.78, 5) is 68.4. The minimum atomic E-state index is -0.834. The summed E-state index contributed by atoms with van der Waals surface area (Å²) in [5, 5.41) is 14.0. The molecule has 2 aromatic carbocycles. The molecular formula is C28H33N5O6. The first-order valence-corrected chi connectivity index (χ1v) is 12.9. The average molecular weight is 536 g/mol. The molecule has 206 valence electrons. The quantitative estimate of drug-likeness (QED) is 0.406. The highest BCUT2D eigenvalue weighted by molar-refractivity contribution is 6.03. The Bertz CT molecular complexity index is 1290. The van der Waals surface area contributed by atoms with Crippen molar-refractivity contribution < 1.29 is 24.1 Å². The van der Waals surface area contributed by atoms with Crippen LogP contribution in [-0.4, -0.2) is 83.5 Å². The van der Waals surface area contributed by atoms with E-state index >= 15 is 0 Å². The lowest BCUT2D eigenvalue weighted by atomic mass is 10.0. The third kappa shape index (κ3) is 5.76. The molecule has 3 atom stereocenters. The fourth-order valence-corrected chi connectivity index (χ4v) is 5.30. The first-order valence-electron chi connectivity index (χ1n) is 12.9. The van der Waals surface area contributed by atoms with Gasteiger partial charge in [-0.2, -0.15) is 0 Å². The zero-order valence-corrected chi connectivity index (χ0v) is 22.5. The minimum absolute atomic E-state index is 0.0972. The molecule has 0 unspecified atom stereocenters. The summed E-state index contributed by atoms with van der Waals surface area (Å²) < 4.78 is 0. The van der Waals surface area contributed by atoms with E-state index in [4.69, 9.17) is 0 Å². The number of rotatable bonds is 8. The van der Waals surface area contributed by atoms with E-state index in [0.29, 0.717) is 18.4 Å². The SMILES string of the molecule is CC(C)C[C@H](NC(=O)c1ccc(N(C)C)cc1)C(=O)N1CC[C@@H]2[C@H]1C(=O)CN2C(=O)c1cccc([N+](=O)[O-])c1. The third-order valence-corrected chi connectivity index (χ3v) is 7.23. The van der Waals surface area contributed by atoms with Gasteiger partial charge in [0.05, 0.1) is 17.5 Å². The van der Waals surface area contributed by atoms with Gasteiger partial charge in [0, 0.05) is 49.6 Å². The fourth-order valence-electron chi connectivity index (χ4n) is 5.30. The van der Waals surface area contributed by atoms with E-state index in [9.17, 15) is 29.3 Å². The number of non-ortho nitro benzene ring substituents is 1. The molecule has 11 nitrogen and oxygen atoms in total. The Labute approximate surface area is 226 Å². The zero-order valence-electron chi connectivity index (χ0n) is 22.5. The number of hydrogen-bond donors (Lipinski definition) is 1. The Hall–Kier alpha value is -4.28. The normalized spacial score (nSPS) is 19.2. The molecule has 0 spiro atoms. The van der Waals surface area contributed by atoms with Crippen molar-refractivity contribution in [3.63, 3.8) is 0 Å². The number of ketones is 1. The van der Waals surface area contributed by atoms with Gasteiger partial charge in [0.2, 0.25) is 5.91 Å². The molecule has 4 rings (SSSR count). The number of hydrogen-bond acceptors (Lipinski definition) is 7. The molecular weight excluding hydrogens is 502 g/mol. The van der Waals surface area contributed by atoms with Crippen molar-refractivity contribution in [2.24, 2.45) is 5.92 Å². The number of Topliss-reactive ketones (excluding diaryl/α,β-unsaturated/α-hetero) is 1. The molecule has 2 aliphatic rings. The topological polar surface area (TPSA) is 133 Å². The Morgan fingerprint density at radius 1 is 1.08 bits per heavy atom. The maximum Gasteiger partial charge on any atom is 0.270 e. The zero-order chi connectivity index (χ0) is 28.4. The highest BCUT2D eigenvalue weighted by atomic mass is 16.6. The number of nitro benzene ring substituents is 1. The van der Waals surface area contributed by atoms with Crippen LogP contribution in [0.3, 0.4) is 0 Å². The van der Waals surface area contributed by atoms with E-state index < -0.39 is 29.0 Å². The van der Waals surface area contributed by atoms with Crippen LogP contribution in [0.2, 0.25) is 0 Å². The summed E-state index contributed by atoms with van der Waals surface area (Å²) in [6.07, 6.45) is 0.788. The van der Waals surface area contributed by atoms with Gasteiger partial charge < -0.3 is 20.0 Å². The van der Waals surface area contributed by atoms with Crippen molar-refractivity contribution in [2.45, 2.75) is 44.8 Å². The largest absolute Gasteiger partial charge is 0.378 e. The first kappa shape index (κ1) is 27.7. The van der Waals surface area contributed by atoms with E-state index in [-0.39, 0.29) is 47.9 Å². The molecule has 0 saturated carbocycles. The van der Waals surface area contributed by atoms with Crippen LogP contribution in [0.25, 0.3) is 0 Å². The lowest BCUT2D eigenvalue weighted by molar-refractivity contribution is -0.384. The van der Waals surface area contributed by atoms with E-state index in [2.05, 4.69) is 5.32 Å². The molecule has 2 fully saturated rings. The summed E-state index contributed by atoms with van der Waals surface area (Å²) in [6, 6.07) is 10.3. The Morgan fingerprint density at radius 3 is 2.38 bits per heavy atom. The summed E-state index contributed by atoms with van der Waals surface area (Å²) >= 11 is 0. The van der Waals surface area contributed by atoms with E-state index in [1.807, 2.05) is 45.0 Å². The van der Waals surface area contributed by atoms with Gasteiger partial charge in [0.1, 0.15) is 12.1 Å². The maximum absolute atomic E-state index is 13.7. The number of carbonyl (C=O) groups excluding carboxylic acids is 4. The van der Waals surface area contributed by atoms with Crippen LogP contribution < -0.4 is 10.2 Å². The molecule has 2 heterocycles. The Kier molecular flexibility index (Phi) is 7.98. The number of likely N-dealkylation sites (tertiary alicyclic amines) is 2. The number of carbonyl (C=O) groups is 4. The second kappa shape index (κ2) is 11.2. The molecule has 0 radical (unpaired) electrons. The van der Waals surface area contributed by atoms with Gasteiger partial charge in [-0.15, -0.1) is 0 Å². The number of nitrogens with one attached hydrogen (secondary N) is 1. The van der Waals surface area contributed by atoms with Gasteiger partial charge in [0.15, 0.2) is 5.78 Å². The Morgan fingerprint density at radius 2 is 1.77 bits per heavy atom. The molecule has 0 aliphatic carbocycles. The predicted molar refractivity (Wildman–Crippen MR) is 145 cm³/mol. The van der Waals surface area contributed by atoms with Crippen LogP contribution in [-0.2, 0) is 9.59 Å². The van der Waals surface area contributed by atoms with Crippen molar-refractivity contribution in [1.82, 2.24) is 15.1 Å². The van der Waals surface area contributed by atoms with E-state index in [1.165, 1.54) is 34.1 Å². The molecule has 1 N–H and O–H groups in total. The monoisotopic (exact) mass is 535 g/mol. The number of nitrogens with zero attached hydrogens (tertiary/aromatic N) is 4. The van der Waals surface area contributed by atoms with Crippen LogP contribution in [0, 0.1) is 16.0 Å². The smallest absolute Gasteiger partial charge is 0.270 e. The number of anilines is 1. The van der Waals surface area contributed by atoms with Crippen molar-refractivity contribution in [2.75, 3.05) is 32.1 Å². The van der Waals surface area contributed by atoms with Gasteiger partial charge in [-0.05, 0) is 49.1 Å². The van der Waals surface area contributed by atoms with Crippen molar-refractivity contribution in [3.8, 4) is 0 Å². The molecule has 2 aliphatic heterocycles. The highest BCUT2D eigenvalue weighted by Crippen LogP contribution is 2.32. The fraction of sp³-hybridized carbons (Fsp3) is 0.429. The van der Waals surface area contributed by atoms with Crippen LogP contribution in [0.4, 0.5) is 11.4 Å². The van der Waals surface area contributed by atoms with Crippen molar-refractivity contribution in [1.29, 1.82) is 0 Å². The van der Waals surface area contributed by atoms with E-state index in [1.54, 1.807) is 12.1 Å². The minimum Gasteiger partial charge on any atom is -0.378 e. The van der Waals surface area contributed by atoms with Crippen molar-refractivity contribution in [3.05, 3.63) is 69.8 Å². The molecule has 11 heteroatoms. The van der Waals surface area contributed by atoms with Crippen LogP contribution in [0.15, 0.2) is 48.5 Å². The molecule has 2 saturated heterocycles. The van der Waals surface area contributed by atoms with Gasteiger partial charge in [-0.1, -0.05) is 19.9 Å². The van der Waals surface area contributed by atoms with E-state index in [0.717, 1.165) is 5.69 Å². The number of fused-ring (bicyclic) bond motifs is 1. The second-order valence-corrected chi connectivity index (χ2v) is 10.6. The summed E-state index contributed by atoms with van der Waals surface area (Å²) in [5.74, 6) is -1.39. The molecule has 2 aromatic rings. The summed E-state index contributed by atoms with van der Waals surface area (Å²) in [7, 11) is 3.80. The van der Waals surface area contributed by atoms with Crippen LogP contribution in [0.1, 0.15) is 47.4 Å². The standard InChI is InChI=1S/C28H33N5O6/c1-17(2)14-22(29-26(35)18-8-10-20(11-9-18)30(3)4)28(37)31-13-12-23-25(31)24(34)16-32(23)27(36)19-6-5-7-21(15-19)33(38)39/h5-11,15,17,22-23,25H,12-14,16H2,1-4H3,(H,29,35)/t22-,23+,25-/m0/s1. The second-order valence-electron chi connectivity index (χ2n) is 10.6. The lowest BCUT2D eigenvalue weighted by Gasteiger charge is -2.29. The third-order valence-electron chi connectivity index (χ3n) is 7.23. The van der Waals surface area contributed by atoms with Crippen molar-refractivity contribution >= 4 is 34.9 Å². The van der Waals surface area contributed by atoms with Crippen LogP contribution >= 0.6 is 0 Å². The Balaban J connectivity index is 1.51. The maximum atomic E-state index is 13.7. The number of benzene rings is 2. The summed E-state index contributed by atoms with van der Waals surface area (Å²) in [5.41, 5.74) is 1.27.